The lowest BCUT2D eigenvalue weighted by atomic mass is 10.3. The Labute approximate surface area is 113 Å². The van der Waals surface area contributed by atoms with E-state index < -0.39 is 0 Å². The summed E-state index contributed by atoms with van der Waals surface area (Å²) in [6, 6.07) is 0. The highest BCUT2D eigenvalue weighted by Gasteiger charge is 2.21. The molecule has 1 fully saturated rings. The summed E-state index contributed by atoms with van der Waals surface area (Å²) in [4.78, 5) is 24.3. The molecule has 0 saturated carbocycles. The van der Waals surface area contributed by atoms with Crippen molar-refractivity contribution in [2.75, 3.05) is 44.2 Å². The lowest BCUT2D eigenvalue weighted by molar-refractivity contribution is -0.130. The molecule has 1 N–H and O–H groups in total. The van der Waals surface area contributed by atoms with E-state index in [2.05, 4.69) is 26.8 Å². The van der Waals surface area contributed by atoms with Gasteiger partial charge in [-0.1, -0.05) is 6.08 Å². The van der Waals surface area contributed by atoms with Crippen LogP contribution in [0.1, 0.15) is 0 Å². The van der Waals surface area contributed by atoms with E-state index in [4.69, 9.17) is 0 Å². The van der Waals surface area contributed by atoms with E-state index in [9.17, 15) is 4.79 Å². The van der Waals surface area contributed by atoms with E-state index in [1.807, 2.05) is 4.90 Å². The SMILES string of the molecule is C=CCNCC(=O)N1CCN(c2cnccn2)CC1. The van der Waals surface area contributed by atoms with Crippen molar-refractivity contribution in [2.45, 2.75) is 0 Å². The van der Waals surface area contributed by atoms with Gasteiger partial charge in [0.05, 0.1) is 12.7 Å². The zero-order valence-electron chi connectivity index (χ0n) is 11.0. The first-order valence-corrected chi connectivity index (χ1v) is 6.41. The van der Waals surface area contributed by atoms with Crippen molar-refractivity contribution < 1.29 is 4.79 Å². The molecule has 0 spiro atoms. The molecule has 0 aliphatic carbocycles. The summed E-state index contributed by atoms with van der Waals surface area (Å²) in [5, 5.41) is 3.03. The molecule has 0 radical (unpaired) electrons. The molecule has 1 aliphatic heterocycles. The van der Waals surface area contributed by atoms with Gasteiger partial charge in [-0.05, 0) is 0 Å². The number of rotatable bonds is 5. The Balaban J connectivity index is 1.79. The van der Waals surface area contributed by atoms with Crippen LogP contribution in [0.3, 0.4) is 0 Å². The summed E-state index contributed by atoms with van der Waals surface area (Å²) in [6.07, 6.45) is 6.85. The van der Waals surface area contributed by atoms with Gasteiger partial charge in [-0.3, -0.25) is 9.78 Å². The summed E-state index contributed by atoms with van der Waals surface area (Å²) in [5.41, 5.74) is 0. The van der Waals surface area contributed by atoms with E-state index in [1.165, 1.54) is 0 Å². The number of hydrogen-bond donors (Lipinski definition) is 1. The molecule has 6 heteroatoms. The molecule has 6 nitrogen and oxygen atoms in total. The predicted molar refractivity (Wildman–Crippen MR) is 73.9 cm³/mol. The topological polar surface area (TPSA) is 61.4 Å². The third kappa shape index (κ3) is 3.75. The maximum Gasteiger partial charge on any atom is 0.236 e. The smallest absolute Gasteiger partial charge is 0.236 e. The number of carbonyl (C=O) groups is 1. The summed E-state index contributed by atoms with van der Waals surface area (Å²) in [5.74, 6) is 1.01. The van der Waals surface area contributed by atoms with Crippen LogP contribution in [0, 0.1) is 0 Å². The van der Waals surface area contributed by atoms with Gasteiger partial charge < -0.3 is 15.1 Å². The average Bonchev–Trinajstić information content (AvgIpc) is 2.48. The van der Waals surface area contributed by atoms with E-state index in [0.717, 1.165) is 32.0 Å². The van der Waals surface area contributed by atoms with Crippen molar-refractivity contribution in [3.05, 3.63) is 31.2 Å². The van der Waals surface area contributed by atoms with Crippen molar-refractivity contribution in [1.29, 1.82) is 0 Å². The highest BCUT2D eigenvalue weighted by Crippen LogP contribution is 2.11. The van der Waals surface area contributed by atoms with Gasteiger partial charge in [-0.25, -0.2) is 4.98 Å². The largest absolute Gasteiger partial charge is 0.352 e. The van der Waals surface area contributed by atoms with E-state index in [0.29, 0.717) is 13.1 Å². The van der Waals surface area contributed by atoms with Crippen molar-refractivity contribution in [3.63, 3.8) is 0 Å². The summed E-state index contributed by atoms with van der Waals surface area (Å²) >= 11 is 0. The second kappa shape index (κ2) is 6.84. The summed E-state index contributed by atoms with van der Waals surface area (Å²) < 4.78 is 0. The maximum absolute atomic E-state index is 11.9. The van der Waals surface area contributed by atoms with Crippen LogP contribution in [-0.2, 0) is 4.79 Å². The van der Waals surface area contributed by atoms with Gasteiger partial charge in [0.15, 0.2) is 0 Å². The standard InChI is InChI=1S/C13H19N5O/c1-2-3-14-11-13(19)18-8-6-17(7-9-18)12-10-15-4-5-16-12/h2,4-5,10,14H,1,3,6-9,11H2. The van der Waals surface area contributed by atoms with Crippen LogP contribution in [0.4, 0.5) is 5.82 Å². The second-order valence-corrected chi connectivity index (χ2v) is 4.35. The predicted octanol–water partition coefficient (Wildman–Crippen LogP) is -0.0992. The van der Waals surface area contributed by atoms with Crippen molar-refractivity contribution in [1.82, 2.24) is 20.2 Å². The number of anilines is 1. The molecular weight excluding hydrogens is 242 g/mol. The van der Waals surface area contributed by atoms with E-state index in [-0.39, 0.29) is 5.91 Å². The number of hydrogen-bond acceptors (Lipinski definition) is 5. The Morgan fingerprint density at radius 2 is 2.16 bits per heavy atom. The Morgan fingerprint density at radius 1 is 1.37 bits per heavy atom. The molecule has 0 bridgehead atoms. The van der Waals surface area contributed by atoms with E-state index in [1.54, 1.807) is 24.7 Å². The minimum Gasteiger partial charge on any atom is -0.352 e. The number of piperazine rings is 1. The van der Waals surface area contributed by atoms with Gasteiger partial charge >= 0.3 is 0 Å². The van der Waals surface area contributed by atoms with Gasteiger partial charge in [0.2, 0.25) is 5.91 Å². The zero-order chi connectivity index (χ0) is 13.5. The quantitative estimate of drug-likeness (QED) is 0.592. The maximum atomic E-state index is 11.9. The number of nitrogens with zero attached hydrogens (tertiary/aromatic N) is 4. The molecule has 102 valence electrons. The van der Waals surface area contributed by atoms with Gasteiger partial charge in [-0.15, -0.1) is 6.58 Å². The molecular formula is C13H19N5O. The number of amides is 1. The lowest BCUT2D eigenvalue weighted by Gasteiger charge is -2.35. The van der Waals surface area contributed by atoms with Crippen LogP contribution in [0.2, 0.25) is 0 Å². The molecule has 19 heavy (non-hydrogen) atoms. The molecule has 1 aromatic rings. The molecule has 2 rings (SSSR count). The molecule has 1 amide bonds. The third-order valence-electron chi connectivity index (χ3n) is 3.07. The monoisotopic (exact) mass is 261 g/mol. The molecule has 0 atom stereocenters. The fraction of sp³-hybridized carbons (Fsp3) is 0.462. The first-order chi connectivity index (χ1) is 9.31. The van der Waals surface area contributed by atoms with Crippen molar-refractivity contribution >= 4 is 11.7 Å². The van der Waals surface area contributed by atoms with Crippen LogP contribution in [-0.4, -0.2) is 60.0 Å². The molecule has 1 aliphatic rings. The zero-order valence-corrected chi connectivity index (χ0v) is 11.0. The number of carbonyl (C=O) groups excluding carboxylic acids is 1. The third-order valence-corrected chi connectivity index (χ3v) is 3.07. The molecule has 0 unspecified atom stereocenters. The van der Waals surface area contributed by atoms with Crippen LogP contribution in [0.25, 0.3) is 0 Å². The van der Waals surface area contributed by atoms with Crippen LogP contribution < -0.4 is 10.2 Å². The molecule has 2 heterocycles. The highest BCUT2D eigenvalue weighted by atomic mass is 16.2. The first-order valence-electron chi connectivity index (χ1n) is 6.41. The Hall–Kier alpha value is -1.95. The Kier molecular flexibility index (Phi) is 4.85. The average molecular weight is 261 g/mol. The second-order valence-electron chi connectivity index (χ2n) is 4.35. The minimum atomic E-state index is 0.139. The number of nitrogens with one attached hydrogen (secondary N) is 1. The summed E-state index contributed by atoms with van der Waals surface area (Å²) in [7, 11) is 0. The lowest BCUT2D eigenvalue weighted by Crippen LogP contribution is -2.51. The Morgan fingerprint density at radius 3 is 2.79 bits per heavy atom. The van der Waals surface area contributed by atoms with Gasteiger partial charge in [0, 0.05) is 45.1 Å². The molecule has 1 saturated heterocycles. The number of aromatic nitrogens is 2. The van der Waals surface area contributed by atoms with Crippen molar-refractivity contribution in [3.8, 4) is 0 Å². The molecule has 0 aromatic carbocycles. The first kappa shape index (κ1) is 13.5. The molecule has 1 aromatic heterocycles. The fourth-order valence-electron chi connectivity index (χ4n) is 2.03. The van der Waals surface area contributed by atoms with Crippen LogP contribution >= 0.6 is 0 Å². The Bertz CT molecular complexity index is 414. The summed E-state index contributed by atoms with van der Waals surface area (Å²) in [6.45, 7) is 7.69. The normalized spacial score (nSPS) is 15.4. The van der Waals surface area contributed by atoms with Crippen LogP contribution in [0.15, 0.2) is 31.2 Å². The van der Waals surface area contributed by atoms with Gasteiger partial charge in [-0.2, -0.15) is 0 Å². The minimum absolute atomic E-state index is 0.139. The van der Waals surface area contributed by atoms with E-state index >= 15 is 0 Å². The fourth-order valence-corrected chi connectivity index (χ4v) is 2.03. The highest BCUT2D eigenvalue weighted by molar-refractivity contribution is 5.78. The van der Waals surface area contributed by atoms with Crippen molar-refractivity contribution in [2.24, 2.45) is 0 Å². The van der Waals surface area contributed by atoms with Gasteiger partial charge in [0.25, 0.3) is 0 Å². The van der Waals surface area contributed by atoms with Crippen LogP contribution in [0.5, 0.6) is 0 Å². The van der Waals surface area contributed by atoms with Gasteiger partial charge in [0.1, 0.15) is 5.82 Å².